The highest BCUT2D eigenvalue weighted by Gasteiger charge is 1.92. The van der Waals surface area contributed by atoms with Gasteiger partial charge in [0.2, 0.25) is 0 Å². The third kappa shape index (κ3) is 3.05. The molecular formula is C9H17N3. The van der Waals surface area contributed by atoms with Crippen molar-refractivity contribution in [3.63, 3.8) is 0 Å². The summed E-state index contributed by atoms with van der Waals surface area (Å²) in [4.78, 5) is 0. The Morgan fingerprint density at radius 2 is 2.42 bits per heavy atom. The molecule has 0 bridgehead atoms. The van der Waals surface area contributed by atoms with Crippen molar-refractivity contribution in [1.82, 2.24) is 15.1 Å². The van der Waals surface area contributed by atoms with E-state index in [2.05, 4.69) is 30.5 Å². The molecule has 0 unspecified atom stereocenters. The first-order chi connectivity index (χ1) is 5.83. The summed E-state index contributed by atoms with van der Waals surface area (Å²) in [5, 5.41) is 7.49. The van der Waals surface area contributed by atoms with Crippen LogP contribution in [0.15, 0.2) is 12.4 Å². The molecular weight excluding hydrogens is 150 g/mol. The molecule has 0 saturated heterocycles. The molecule has 0 aliphatic heterocycles. The molecule has 0 aromatic carbocycles. The molecule has 0 spiro atoms. The van der Waals surface area contributed by atoms with Crippen LogP contribution in [-0.2, 0) is 6.54 Å². The molecule has 0 radical (unpaired) electrons. The van der Waals surface area contributed by atoms with Crippen LogP contribution < -0.4 is 5.32 Å². The maximum absolute atomic E-state index is 4.20. The minimum Gasteiger partial charge on any atom is -0.317 e. The summed E-state index contributed by atoms with van der Waals surface area (Å²) < 4.78 is 1.99. The minimum atomic E-state index is 1.01. The summed E-state index contributed by atoms with van der Waals surface area (Å²) in [7, 11) is 0. The fourth-order valence-corrected chi connectivity index (χ4v) is 1.13. The SMILES string of the molecule is CCNCCCn1cc(C)cn1. The molecule has 12 heavy (non-hydrogen) atoms. The third-order valence-electron chi connectivity index (χ3n) is 1.75. The number of nitrogens with one attached hydrogen (secondary N) is 1. The van der Waals surface area contributed by atoms with Gasteiger partial charge in [-0.25, -0.2) is 0 Å². The van der Waals surface area contributed by atoms with E-state index in [1.807, 2.05) is 10.9 Å². The van der Waals surface area contributed by atoms with Crippen molar-refractivity contribution in [2.45, 2.75) is 26.8 Å². The molecule has 0 aliphatic carbocycles. The highest BCUT2D eigenvalue weighted by atomic mass is 15.3. The van der Waals surface area contributed by atoms with E-state index in [1.165, 1.54) is 5.56 Å². The van der Waals surface area contributed by atoms with Crippen LogP contribution in [-0.4, -0.2) is 22.9 Å². The molecule has 1 aromatic heterocycles. The number of rotatable bonds is 5. The van der Waals surface area contributed by atoms with Gasteiger partial charge >= 0.3 is 0 Å². The summed E-state index contributed by atoms with van der Waals surface area (Å²) in [6, 6.07) is 0. The molecule has 0 aliphatic rings. The predicted molar refractivity (Wildman–Crippen MR) is 50.1 cm³/mol. The first-order valence-electron chi connectivity index (χ1n) is 4.52. The first-order valence-corrected chi connectivity index (χ1v) is 4.52. The number of nitrogens with zero attached hydrogens (tertiary/aromatic N) is 2. The second kappa shape index (κ2) is 4.93. The van der Waals surface area contributed by atoms with Gasteiger partial charge in [-0.3, -0.25) is 4.68 Å². The van der Waals surface area contributed by atoms with Crippen molar-refractivity contribution in [2.75, 3.05) is 13.1 Å². The molecule has 0 saturated carbocycles. The van der Waals surface area contributed by atoms with Gasteiger partial charge in [0.15, 0.2) is 0 Å². The largest absolute Gasteiger partial charge is 0.317 e. The Morgan fingerprint density at radius 1 is 1.58 bits per heavy atom. The lowest BCUT2D eigenvalue weighted by atomic mass is 10.4. The van der Waals surface area contributed by atoms with E-state index < -0.39 is 0 Å². The van der Waals surface area contributed by atoms with Crippen molar-refractivity contribution in [3.05, 3.63) is 18.0 Å². The Hall–Kier alpha value is -0.830. The van der Waals surface area contributed by atoms with Crippen LogP contribution in [0.3, 0.4) is 0 Å². The monoisotopic (exact) mass is 167 g/mol. The standard InChI is InChI=1S/C9H17N3/c1-3-10-5-4-6-12-8-9(2)7-11-12/h7-8,10H,3-6H2,1-2H3. The lowest BCUT2D eigenvalue weighted by molar-refractivity contribution is 0.550. The summed E-state index contributed by atoms with van der Waals surface area (Å²) in [6.45, 7) is 7.33. The fraction of sp³-hybridized carbons (Fsp3) is 0.667. The maximum atomic E-state index is 4.20. The first kappa shape index (κ1) is 9.26. The van der Waals surface area contributed by atoms with E-state index in [-0.39, 0.29) is 0 Å². The van der Waals surface area contributed by atoms with Gasteiger partial charge in [0.05, 0.1) is 6.20 Å². The Morgan fingerprint density at radius 3 is 3.00 bits per heavy atom. The number of hydrogen-bond acceptors (Lipinski definition) is 2. The van der Waals surface area contributed by atoms with Crippen molar-refractivity contribution in [2.24, 2.45) is 0 Å². The normalized spacial score (nSPS) is 10.5. The van der Waals surface area contributed by atoms with Gasteiger partial charge in [-0.15, -0.1) is 0 Å². The smallest absolute Gasteiger partial charge is 0.0518 e. The maximum Gasteiger partial charge on any atom is 0.0518 e. The molecule has 3 heteroatoms. The number of aryl methyl sites for hydroxylation is 2. The molecule has 3 nitrogen and oxygen atoms in total. The Kier molecular flexibility index (Phi) is 3.80. The molecule has 0 atom stereocenters. The lowest BCUT2D eigenvalue weighted by Crippen LogP contribution is -2.16. The molecule has 0 fully saturated rings. The molecule has 1 rings (SSSR count). The zero-order valence-electron chi connectivity index (χ0n) is 7.88. The minimum absolute atomic E-state index is 1.01. The number of aromatic nitrogens is 2. The average Bonchev–Trinajstić information content (AvgIpc) is 2.45. The van der Waals surface area contributed by atoms with Gasteiger partial charge in [0.25, 0.3) is 0 Å². The lowest BCUT2D eigenvalue weighted by Gasteiger charge is -2.01. The molecule has 1 heterocycles. The van der Waals surface area contributed by atoms with E-state index in [0.29, 0.717) is 0 Å². The van der Waals surface area contributed by atoms with E-state index >= 15 is 0 Å². The van der Waals surface area contributed by atoms with Crippen LogP contribution in [0, 0.1) is 6.92 Å². The van der Waals surface area contributed by atoms with E-state index in [1.54, 1.807) is 0 Å². The van der Waals surface area contributed by atoms with Crippen molar-refractivity contribution in [3.8, 4) is 0 Å². The third-order valence-corrected chi connectivity index (χ3v) is 1.75. The second-order valence-corrected chi connectivity index (χ2v) is 2.99. The highest BCUT2D eigenvalue weighted by molar-refractivity contribution is 4.99. The summed E-state index contributed by atoms with van der Waals surface area (Å²) in [6.07, 6.45) is 5.12. The Balaban J connectivity index is 2.15. The second-order valence-electron chi connectivity index (χ2n) is 2.99. The van der Waals surface area contributed by atoms with Crippen LogP contribution in [0.4, 0.5) is 0 Å². The number of hydrogen-bond donors (Lipinski definition) is 1. The van der Waals surface area contributed by atoms with Crippen LogP contribution >= 0.6 is 0 Å². The van der Waals surface area contributed by atoms with Crippen molar-refractivity contribution < 1.29 is 0 Å². The summed E-state index contributed by atoms with van der Waals surface area (Å²) in [5.41, 5.74) is 1.23. The molecule has 1 N–H and O–H groups in total. The van der Waals surface area contributed by atoms with Gasteiger partial charge in [-0.1, -0.05) is 6.92 Å². The van der Waals surface area contributed by atoms with Crippen molar-refractivity contribution >= 4 is 0 Å². The van der Waals surface area contributed by atoms with Gasteiger partial charge < -0.3 is 5.32 Å². The highest BCUT2D eigenvalue weighted by Crippen LogP contribution is 1.94. The van der Waals surface area contributed by atoms with Gasteiger partial charge in [-0.05, 0) is 32.0 Å². The average molecular weight is 167 g/mol. The molecule has 1 aromatic rings. The predicted octanol–water partition coefficient (Wildman–Crippen LogP) is 1.19. The summed E-state index contributed by atoms with van der Waals surface area (Å²) >= 11 is 0. The van der Waals surface area contributed by atoms with Crippen LogP contribution in [0.1, 0.15) is 18.9 Å². The van der Waals surface area contributed by atoms with E-state index in [0.717, 1.165) is 26.1 Å². The van der Waals surface area contributed by atoms with Gasteiger partial charge in [0.1, 0.15) is 0 Å². The van der Waals surface area contributed by atoms with Crippen LogP contribution in [0.2, 0.25) is 0 Å². The van der Waals surface area contributed by atoms with Gasteiger partial charge in [-0.2, -0.15) is 5.10 Å². The zero-order valence-corrected chi connectivity index (χ0v) is 7.88. The van der Waals surface area contributed by atoms with E-state index in [9.17, 15) is 0 Å². The fourth-order valence-electron chi connectivity index (χ4n) is 1.13. The Bertz CT molecular complexity index is 217. The Labute approximate surface area is 73.8 Å². The summed E-state index contributed by atoms with van der Waals surface area (Å²) in [5.74, 6) is 0. The van der Waals surface area contributed by atoms with E-state index in [4.69, 9.17) is 0 Å². The molecule has 0 amide bonds. The van der Waals surface area contributed by atoms with Gasteiger partial charge in [0, 0.05) is 12.7 Å². The quantitative estimate of drug-likeness (QED) is 0.668. The van der Waals surface area contributed by atoms with Crippen LogP contribution in [0.25, 0.3) is 0 Å². The molecule has 68 valence electrons. The topological polar surface area (TPSA) is 29.9 Å². The van der Waals surface area contributed by atoms with Crippen molar-refractivity contribution in [1.29, 1.82) is 0 Å². The van der Waals surface area contributed by atoms with Crippen LogP contribution in [0.5, 0.6) is 0 Å². The zero-order chi connectivity index (χ0) is 8.81.